The predicted molar refractivity (Wildman–Crippen MR) is 50.2 cm³/mol. The van der Waals surface area contributed by atoms with Gasteiger partial charge in [0.2, 0.25) is 0 Å². The van der Waals surface area contributed by atoms with Crippen LogP contribution in [0.1, 0.15) is 22.4 Å². The van der Waals surface area contributed by atoms with Crippen LogP contribution < -0.4 is 0 Å². The molecule has 1 aromatic heterocycles. The molecule has 1 atom stereocenters. The molecular weight excluding hydrogens is 182 g/mol. The number of hydrogen-bond acceptors (Lipinski definition) is 4. The largest absolute Gasteiger partial charge is 0.368 e. The van der Waals surface area contributed by atoms with E-state index in [1.807, 2.05) is 7.05 Å². The molecule has 1 unspecified atom stereocenters. The molecule has 0 aromatic carbocycles. The van der Waals surface area contributed by atoms with Crippen LogP contribution in [0.2, 0.25) is 0 Å². The molecule has 1 fully saturated rings. The highest BCUT2D eigenvalue weighted by atomic mass is 16.5. The van der Waals surface area contributed by atoms with Gasteiger partial charge in [-0.1, -0.05) is 0 Å². The van der Waals surface area contributed by atoms with Gasteiger partial charge in [0.05, 0.1) is 18.5 Å². The standard InChI is InChI=1S/C9H13N3O2/c1-12-2-3-14-8(5-12)9-10-4-7(6-13)11-9/h4,6,8H,2-3,5H2,1H3,(H,10,11). The van der Waals surface area contributed by atoms with Crippen molar-refractivity contribution >= 4 is 6.29 Å². The second kappa shape index (κ2) is 3.89. The molecule has 0 spiro atoms. The van der Waals surface area contributed by atoms with Crippen LogP contribution in [0.15, 0.2) is 6.20 Å². The van der Waals surface area contributed by atoms with Crippen molar-refractivity contribution < 1.29 is 9.53 Å². The van der Waals surface area contributed by atoms with E-state index in [1.165, 1.54) is 6.20 Å². The van der Waals surface area contributed by atoms with Crippen LogP contribution in [-0.2, 0) is 4.74 Å². The van der Waals surface area contributed by atoms with Crippen LogP contribution in [0.5, 0.6) is 0 Å². The first-order valence-corrected chi connectivity index (χ1v) is 4.60. The van der Waals surface area contributed by atoms with Crippen LogP contribution in [0.3, 0.4) is 0 Å². The molecule has 76 valence electrons. The molecule has 1 aliphatic rings. The lowest BCUT2D eigenvalue weighted by molar-refractivity contribution is -0.0250. The van der Waals surface area contributed by atoms with Crippen LogP contribution >= 0.6 is 0 Å². The lowest BCUT2D eigenvalue weighted by Crippen LogP contribution is -2.35. The van der Waals surface area contributed by atoms with Gasteiger partial charge >= 0.3 is 0 Å². The summed E-state index contributed by atoms with van der Waals surface area (Å²) >= 11 is 0. The first-order valence-electron chi connectivity index (χ1n) is 4.60. The first-order chi connectivity index (χ1) is 6.79. The summed E-state index contributed by atoms with van der Waals surface area (Å²) in [5.41, 5.74) is 0.497. The molecule has 1 N–H and O–H groups in total. The Kier molecular flexibility index (Phi) is 2.60. The fourth-order valence-corrected chi connectivity index (χ4v) is 1.52. The minimum Gasteiger partial charge on any atom is -0.368 e. The van der Waals surface area contributed by atoms with Gasteiger partial charge in [0, 0.05) is 13.1 Å². The Labute approximate surface area is 82.1 Å². The number of H-pyrrole nitrogens is 1. The van der Waals surface area contributed by atoms with Crippen molar-refractivity contribution in [1.82, 2.24) is 14.9 Å². The highest BCUT2D eigenvalue weighted by Crippen LogP contribution is 2.18. The summed E-state index contributed by atoms with van der Waals surface area (Å²) in [5.74, 6) is 0.735. The Morgan fingerprint density at radius 3 is 3.29 bits per heavy atom. The topological polar surface area (TPSA) is 58.2 Å². The van der Waals surface area contributed by atoms with Gasteiger partial charge in [-0.15, -0.1) is 0 Å². The number of ether oxygens (including phenoxy) is 1. The first kappa shape index (κ1) is 9.36. The molecule has 0 radical (unpaired) electrons. The third-order valence-corrected chi connectivity index (χ3v) is 2.32. The molecule has 1 aliphatic heterocycles. The zero-order chi connectivity index (χ0) is 9.97. The molecule has 0 aliphatic carbocycles. The highest BCUT2D eigenvalue weighted by Gasteiger charge is 2.21. The van der Waals surface area contributed by atoms with Gasteiger partial charge in [0.1, 0.15) is 11.9 Å². The molecular formula is C9H13N3O2. The van der Waals surface area contributed by atoms with Crippen LogP contribution in [0, 0.1) is 0 Å². The van der Waals surface area contributed by atoms with E-state index in [2.05, 4.69) is 14.9 Å². The van der Waals surface area contributed by atoms with Crippen molar-refractivity contribution in [1.29, 1.82) is 0 Å². The summed E-state index contributed by atoms with van der Waals surface area (Å²) in [7, 11) is 2.04. The van der Waals surface area contributed by atoms with E-state index in [0.29, 0.717) is 12.3 Å². The third kappa shape index (κ3) is 1.83. The molecule has 0 bridgehead atoms. The molecule has 2 heterocycles. The zero-order valence-electron chi connectivity index (χ0n) is 8.06. The second-order valence-electron chi connectivity index (χ2n) is 3.46. The second-order valence-corrected chi connectivity index (χ2v) is 3.46. The Morgan fingerprint density at radius 1 is 1.79 bits per heavy atom. The van der Waals surface area contributed by atoms with Crippen LogP contribution in [0.4, 0.5) is 0 Å². The number of likely N-dealkylation sites (N-methyl/N-ethyl adjacent to an activating group) is 1. The number of rotatable bonds is 2. The fraction of sp³-hybridized carbons (Fsp3) is 0.556. The average molecular weight is 195 g/mol. The number of morpholine rings is 1. The number of hydrogen-bond donors (Lipinski definition) is 1. The number of aldehydes is 1. The van der Waals surface area contributed by atoms with E-state index >= 15 is 0 Å². The lowest BCUT2D eigenvalue weighted by Gasteiger charge is -2.28. The molecule has 0 saturated carbocycles. The predicted octanol–water partition coefficient (Wildman–Crippen LogP) is 0.225. The van der Waals surface area contributed by atoms with E-state index < -0.39 is 0 Å². The maximum absolute atomic E-state index is 10.4. The zero-order valence-corrected chi connectivity index (χ0v) is 8.06. The number of aromatic nitrogens is 2. The van der Waals surface area contributed by atoms with Crippen LogP contribution in [0.25, 0.3) is 0 Å². The van der Waals surface area contributed by atoms with Gasteiger partial charge in [-0.25, -0.2) is 4.98 Å². The van der Waals surface area contributed by atoms with E-state index in [9.17, 15) is 4.79 Å². The monoisotopic (exact) mass is 195 g/mol. The number of carbonyl (C=O) groups is 1. The maximum atomic E-state index is 10.4. The normalized spacial score (nSPS) is 23.6. The molecule has 1 saturated heterocycles. The summed E-state index contributed by atoms with van der Waals surface area (Å²) in [4.78, 5) is 19.7. The van der Waals surface area contributed by atoms with Gasteiger partial charge in [0.15, 0.2) is 6.29 Å². The molecule has 5 nitrogen and oxygen atoms in total. The minimum atomic E-state index is -0.0394. The third-order valence-electron chi connectivity index (χ3n) is 2.32. The lowest BCUT2D eigenvalue weighted by atomic mass is 10.3. The van der Waals surface area contributed by atoms with Crippen molar-refractivity contribution in [3.05, 3.63) is 17.7 Å². The quantitative estimate of drug-likeness (QED) is 0.686. The van der Waals surface area contributed by atoms with Gasteiger partial charge in [-0.3, -0.25) is 4.79 Å². The minimum absolute atomic E-state index is 0.0394. The van der Waals surface area contributed by atoms with Gasteiger partial charge in [-0.2, -0.15) is 0 Å². The molecule has 14 heavy (non-hydrogen) atoms. The Hall–Kier alpha value is -1.20. The van der Waals surface area contributed by atoms with Gasteiger partial charge < -0.3 is 14.6 Å². The van der Waals surface area contributed by atoms with Crippen molar-refractivity contribution in [2.75, 3.05) is 26.7 Å². The SMILES string of the molecule is CN1CCOC(c2ncc(C=O)[nH]2)C1. The van der Waals surface area contributed by atoms with Gasteiger partial charge in [0.25, 0.3) is 0 Å². The fourth-order valence-electron chi connectivity index (χ4n) is 1.52. The van der Waals surface area contributed by atoms with E-state index in [0.717, 1.165) is 25.2 Å². The maximum Gasteiger partial charge on any atom is 0.167 e. The Morgan fingerprint density at radius 2 is 2.64 bits per heavy atom. The van der Waals surface area contributed by atoms with Crippen molar-refractivity contribution in [2.45, 2.75) is 6.10 Å². The number of carbonyl (C=O) groups excluding carboxylic acids is 1. The Bertz CT molecular complexity index is 324. The highest BCUT2D eigenvalue weighted by molar-refractivity contribution is 5.71. The summed E-state index contributed by atoms with van der Waals surface area (Å²) < 4.78 is 5.54. The van der Waals surface area contributed by atoms with E-state index in [4.69, 9.17) is 4.74 Å². The average Bonchev–Trinajstić information content (AvgIpc) is 2.66. The summed E-state index contributed by atoms with van der Waals surface area (Å²) in [6, 6.07) is 0. The van der Waals surface area contributed by atoms with Gasteiger partial charge in [-0.05, 0) is 7.05 Å². The number of aromatic amines is 1. The van der Waals surface area contributed by atoms with Crippen LogP contribution in [-0.4, -0.2) is 47.9 Å². The number of nitrogens with zero attached hydrogens (tertiary/aromatic N) is 2. The van der Waals surface area contributed by atoms with Crippen molar-refractivity contribution in [2.24, 2.45) is 0 Å². The smallest absolute Gasteiger partial charge is 0.167 e. The Balaban J connectivity index is 2.09. The van der Waals surface area contributed by atoms with E-state index in [1.54, 1.807) is 0 Å². The molecule has 2 rings (SSSR count). The number of imidazole rings is 1. The van der Waals surface area contributed by atoms with Crippen molar-refractivity contribution in [3.8, 4) is 0 Å². The van der Waals surface area contributed by atoms with Crippen molar-refractivity contribution in [3.63, 3.8) is 0 Å². The molecule has 5 heteroatoms. The molecule has 0 amide bonds. The summed E-state index contributed by atoms with van der Waals surface area (Å²) in [5, 5.41) is 0. The molecule has 1 aromatic rings. The summed E-state index contributed by atoms with van der Waals surface area (Å²) in [6.45, 7) is 2.46. The summed E-state index contributed by atoms with van der Waals surface area (Å²) in [6.07, 6.45) is 2.24. The van der Waals surface area contributed by atoms with E-state index in [-0.39, 0.29) is 6.10 Å². The number of nitrogens with one attached hydrogen (secondary N) is 1.